The summed E-state index contributed by atoms with van der Waals surface area (Å²) in [7, 11) is 1.58. The normalized spacial score (nSPS) is 15.4. The lowest BCUT2D eigenvalue weighted by Gasteiger charge is -2.28. The number of aromatic nitrogens is 3. The van der Waals surface area contributed by atoms with Gasteiger partial charge in [-0.15, -0.1) is 0 Å². The smallest absolute Gasteiger partial charge is 0.226 e. The molecule has 1 N–H and O–H groups in total. The minimum absolute atomic E-state index is 0.0378. The van der Waals surface area contributed by atoms with Gasteiger partial charge in [0.2, 0.25) is 5.95 Å². The predicted molar refractivity (Wildman–Crippen MR) is 114 cm³/mol. The highest BCUT2D eigenvalue weighted by atomic mass is 35.5. The van der Waals surface area contributed by atoms with E-state index in [1.807, 2.05) is 49.4 Å². The van der Waals surface area contributed by atoms with Crippen LogP contribution in [0.5, 0.6) is 11.5 Å². The Morgan fingerprint density at radius 2 is 2.03 bits per heavy atom. The number of carbonyl (C=O) groups is 1. The zero-order valence-electron chi connectivity index (χ0n) is 16.8. The predicted octanol–water partition coefficient (Wildman–Crippen LogP) is 4.40. The lowest BCUT2D eigenvalue weighted by Crippen LogP contribution is -2.27. The molecule has 0 amide bonds. The number of allylic oxidation sites excluding steroid dienone is 2. The van der Waals surface area contributed by atoms with Crippen molar-refractivity contribution in [3.8, 4) is 11.5 Å². The van der Waals surface area contributed by atoms with Crippen molar-refractivity contribution in [2.75, 3.05) is 12.4 Å². The molecule has 8 heteroatoms. The minimum Gasteiger partial charge on any atom is -0.493 e. The number of methoxy groups -OCH3 is 1. The average molecular weight is 425 g/mol. The number of ether oxygens (including phenoxy) is 2. The molecule has 0 radical (unpaired) electrons. The van der Waals surface area contributed by atoms with Gasteiger partial charge in [-0.3, -0.25) is 4.79 Å². The number of halogens is 1. The Morgan fingerprint density at radius 3 is 2.77 bits per heavy atom. The van der Waals surface area contributed by atoms with E-state index in [-0.39, 0.29) is 5.78 Å². The molecule has 0 saturated heterocycles. The van der Waals surface area contributed by atoms with Crippen molar-refractivity contribution < 1.29 is 14.3 Å². The summed E-state index contributed by atoms with van der Waals surface area (Å²) in [6.45, 7) is 3.72. The van der Waals surface area contributed by atoms with Crippen molar-refractivity contribution >= 4 is 23.3 Å². The summed E-state index contributed by atoms with van der Waals surface area (Å²) in [5.74, 6) is 1.68. The Kier molecular flexibility index (Phi) is 5.46. The van der Waals surface area contributed by atoms with E-state index >= 15 is 0 Å². The van der Waals surface area contributed by atoms with Gasteiger partial charge in [0.25, 0.3) is 0 Å². The summed E-state index contributed by atoms with van der Waals surface area (Å²) in [5, 5.41) is 8.10. The van der Waals surface area contributed by atoms with Crippen LogP contribution in [0.2, 0.25) is 5.02 Å². The Bertz CT molecular complexity index is 1140. The summed E-state index contributed by atoms with van der Waals surface area (Å²) >= 11 is 6.22. The van der Waals surface area contributed by atoms with E-state index in [0.29, 0.717) is 34.6 Å². The van der Waals surface area contributed by atoms with Crippen molar-refractivity contribution in [1.82, 2.24) is 14.8 Å². The van der Waals surface area contributed by atoms with Crippen LogP contribution < -0.4 is 14.8 Å². The maximum atomic E-state index is 12.4. The fraction of sp³-hybridized carbons (Fsp3) is 0.227. The molecule has 1 unspecified atom stereocenters. The van der Waals surface area contributed by atoms with Gasteiger partial charge in [-0.2, -0.15) is 10.1 Å². The molecule has 0 bridgehead atoms. The van der Waals surface area contributed by atoms with E-state index in [1.54, 1.807) is 18.7 Å². The number of fused-ring (bicyclic) bond motifs is 1. The Labute approximate surface area is 179 Å². The number of nitrogens with one attached hydrogen (secondary N) is 1. The summed E-state index contributed by atoms with van der Waals surface area (Å²) in [6, 6.07) is 12.7. The quantitative estimate of drug-likeness (QED) is 0.632. The van der Waals surface area contributed by atoms with Crippen LogP contribution in [-0.4, -0.2) is 27.7 Å². The van der Waals surface area contributed by atoms with E-state index in [9.17, 15) is 4.79 Å². The van der Waals surface area contributed by atoms with Gasteiger partial charge in [0.05, 0.1) is 7.11 Å². The Morgan fingerprint density at radius 1 is 1.23 bits per heavy atom. The second-order valence-electron chi connectivity index (χ2n) is 6.94. The van der Waals surface area contributed by atoms with Gasteiger partial charge in [-0.05, 0) is 37.6 Å². The van der Waals surface area contributed by atoms with Crippen molar-refractivity contribution in [2.24, 2.45) is 0 Å². The van der Waals surface area contributed by atoms with Gasteiger partial charge in [0.1, 0.15) is 19.0 Å². The van der Waals surface area contributed by atoms with Crippen molar-refractivity contribution in [1.29, 1.82) is 0 Å². The first-order valence-corrected chi connectivity index (χ1v) is 9.79. The van der Waals surface area contributed by atoms with Crippen molar-refractivity contribution in [3.05, 3.63) is 76.2 Å². The molecule has 1 aliphatic rings. The molecule has 1 aromatic heterocycles. The van der Waals surface area contributed by atoms with Crippen molar-refractivity contribution in [2.45, 2.75) is 26.5 Å². The number of carbonyl (C=O) groups excluding carboxylic acids is 1. The fourth-order valence-corrected chi connectivity index (χ4v) is 3.79. The first-order valence-electron chi connectivity index (χ1n) is 9.42. The molecule has 4 rings (SSSR count). The second-order valence-corrected chi connectivity index (χ2v) is 7.35. The highest BCUT2D eigenvalue weighted by Crippen LogP contribution is 2.38. The van der Waals surface area contributed by atoms with Gasteiger partial charge in [0, 0.05) is 21.9 Å². The number of hydrogen-bond acceptors (Lipinski definition) is 6. The van der Waals surface area contributed by atoms with Crippen LogP contribution in [0, 0.1) is 0 Å². The molecule has 0 saturated carbocycles. The van der Waals surface area contributed by atoms with Gasteiger partial charge in [-0.25, -0.2) is 4.68 Å². The van der Waals surface area contributed by atoms with E-state index < -0.39 is 6.04 Å². The molecule has 2 heterocycles. The third-order valence-corrected chi connectivity index (χ3v) is 5.39. The molecule has 3 aromatic rings. The summed E-state index contributed by atoms with van der Waals surface area (Å²) < 4.78 is 13.2. The molecule has 1 aliphatic heterocycles. The highest BCUT2D eigenvalue weighted by molar-refractivity contribution is 6.31. The van der Waals surface area contributed by atoms with Crippen LogP contribution in [0.3, 0.4) is 0 Å². The first kappa shape index (κ1) is 20.0. The Hall–Kier alpha value is -3.32. The van der Waals surface area contributed by atoms with Crippen LogP contribution in [0.1, 0.15) is 31.0 Å². The number of hydrogen-bond donors (Lipinski definition) is 1. The largest absolute Gasteiger partial charge is 0.493 e. The number of nitrogens with zero attached hydrogens (tertiary/aromatic N) is 3. The number of rotatable bonds is 6. The highest BCUT2D eigenvalue weighted by Gasteiger charge is 2.32. The number of Topliss-reactive ketones (excluding diaryl/α,β-unsaturated/α-hetero) is 1. The van der Waals surface area contributed by atoms with Gasteiger partial charge >= 0.3 is 0 Å². The maximum absolute atomic E-state index is 12.4. The lowest BCUT2D eigenvalue weighted by molar-refractivity contribution is -0.114. The SMILES string of the molecule is COc1cc(C2C(C(C)=O)=C(C)Nc3ncnn32)ccc1OCc1ccccc1Cl. The van der Waals surface area contributed by atoms with Crippen LogP contribution >= 0.6 is 11.6 Å². The van der Waals surface area contributed by atoms with Gasteiger partial charge in [0.15, 0.2) is 17.3 Å². The van der Waals surface area contributed by atoms with E-state index in [4.69, 9.17) is 21.1 Å². The van der Waals surface area contributed by atoms with Crippen molar-refractivity contribution in [3.63, 3.8) is 0 Å². The molecule has 30 heavy (non-hydrogen) atoms. The monoisotopic (exact) mass is 424 g/mol. The molecule has 1 atom stereocenters. The zero-order valence-corrected chi connectivity index (χ0v) is 17.6. The number of ketones is 1. The summed E-state index contributed by atoms with van der Waals surface area (Å²) in [6.07, 6.45) is 1.46. The lowest BCUT2D eigenvalue weighted by atomic mass is 9.93. The summed E-state index contributed by atoms with van der Waals surface area (Å²) in [5.41, 5.74) is 3.11. The van der Waals surface area contributed by atoms with Crippen LogP contribution in [0.15, 0.2) is 60.1 Å². The third kappa shape index (κ3) is 3.64. The average Bonchev–Trinajstić information content (AvgIpc) is 3.20. The molecular weight excluding hydrogens is 404 g/mol. The third-order valence-electron chi connectivity index (χ3n) is 5.02. The van der Waals surface area contributed by atoms with E-state index in [2.05, 4.69) is 15.4 Å². The molecule has 0 fully saturated rings. The molecule has 0 spiro atoms. The standard InChI is InChI=1S/C22H21ClN4O3/c1-13-20(14(2)28)21(27-22(26-13)24-12-25-27)15-8-9-18(19(10-15)29-3)30-11-16-6-4-5-7-17(16)23/h4-10,12,21H,11H2,1-3H3,(H,24,25,26). The molecule has 154 valence electrons. The number of anilines is 1. The summed E-state index contributed by atoms with van der Waals surface area (Å²) in [4.78, 5) is 16.6. The van der Waals surface area contributed by atoms with Crippen LogP contribution in [-0.2, 0) is 11.4 Å². The molecule has 2 aromatic carbocycles. The first-order chi connectivity index (χ1) is 14.5. The van der Waals surface area contributed by atoms with Crippen LogP contribution in [0.25, 0.3) is 0 Å². The topological polar surface area (TPSA) is 78.3 Å². The molecular formula is C22H21ClN4O3. The maximum Gasteiger partial charge on any atom is 0.226 e. The Balaban J connectivity index is 1.69. The fourth-order valence-electron chi connectivity index (χ4n) is 3.60. The molecule has 0 aliphatic carbocycles. The van der Waals surface area contributed by atoms with Crippen LogP contribution in [0.4, 0.5) is 5.95 Å². The van der Waals surface area contributed by atoms with Gasteiger partial charge in [-0.1, -0.05) is 35.9 Å². The zero-order chi connectivity index (χ0) is 21.3. The number of benzene rings is 2. The van der Waals surface area contributed by atoms with E-state index in [0.717, 1.165) is 16.8 Å². The van der Waals surface area contributed by atoms with Gasteiger partial charge < -0.3 is 14.8 Å². The second kappa shape index (κ2) is 8.20. The minimum atomic E-state index is -0.409. The van der Waals surface area contributed by atoms with E-state index in [1.165, 1.54) is 6.33 Å². The molecule has 7 nitrogen and oxygen atoms in total.